The fraction of sp³-hybridized carbons (Fsp3) is 0.929. The van der Waals surface area contributed by atoms with Crippen molar-refractivity contribution >= 4 is 5.91 Å². The first-order chi connectivity index (χ1) is 8.34. The number of fused-ring (bicyclic) bond motifs is 1. The molecule has 0 aromatic carbocycles. The molecular formula is C14H27N3O. The van der Waals surface area contributed by atoms with Gasteiger partial charge in [-0.3, -0.25) is 9.69 Å². The van der Waals surface area contributed by atoms with Crippen molar-refractivity contribution < 1.29 is 4.79 Å². The fourth-order valence-corrected chi connectivity index (χ4v) is 3.84. The highest BCUT2D eigenvalue weighted by Gasteiger charge is 2.46. The summed E-state index contributed by atoms with van der Waals surface area (Å²) >= 11 is 0. The first-order valence-electron chi connectivity index (χ1n) is 7.07. The summed E-state index contributed by atoms with van der Waals surface area (Å²) in [6.45, 7) is 10.8. The van der Waals surface area contributed by atoms with Gasteiger partial charge in [0.2, 0.25) is 5.91 Å². The summed E-state index contributed by atoms with van der Waals surface area (Å²) in [5, 5.41) is 0. The maximum Gasteiger partial charge on any atom is 0.240 e. The topological polar surface area (TPSA) is 26.8 Å². The van der Waals surface area contributed by atoms with E-state index in [4.69, 9.17) is 0 Å². The van der Waals surface area contributed by atoms with Crippen LogP contribution in [0.25, 0.3) is 0 Å². The molecule has 4 nitrogen and oxygen atoms in total. The number of rotatable bonds is 0. The first kappa shape index (κ1) is 13.8. The summed E-state index contributed by atoms with van der Waals surface area (Å²) in [6, 6.07) is 1.10. The van der Waals surface area contributed by atoms with Crippen LogP contribution in [0.5, 0.6) is 0 Å². The Balaban J connectivity index is 2.36. The number of carbonyl (C=O) groups excluding carboxylic acids is 1. The molecule has 0 saturated carbocycles. The number of likely N-dealkylation sites (N-methyl/N-ethyl adjacent to an activating group) is 2. The molecule has 0 aliphatic carbocycles. The summed E-state index contributed by atoms with van der Waals surface area (Å²) < 4.78 is 0. The van der Waals surface area contributed by atoms with Crippen LogP contribution < -0.4 is 0 Å². The standard InChI is InChI=1S/C14H27N3O/c1-9-7-15(5)8-10(2)17-13(9)11(3)16(6)12(4)14(17)18/h9-13H,7-8H2,1-6H3. The van der Waals surface area contributed by atoms with Gasteiger partial charge in [-0.05, 0) is 40.8 Å². The third kappa shape index (κ3) is 2.05. The molecule has 5 atom stereocenters. The minimum Gasteiger partial charge on any atom is -0.332 e. The average molecular weight is 253 g/mol. The number of amides is 1. The molecule has 0 spiro atoms. The highest BCUT2D eigenvalue weighted by molar-refractivity contribution is 5.83. The lowest BCUT2D eigenvalue weighted by Crippen LogP contribution is -2.67. The van der Waals surface area contributed by atoms with Crippen LogP contribution in [0.2, 0.25) is 0 Å². The van der Waals surface area contributed by atoms with E-state index in [9.17, 15) is 4.79 Å². The molecule has 2 heterocycles. The predicted molar refractivity (Wildman–Crippen MR) is 73.4 cm³/mol. The van der Waals surface area contributed by atoms with Crippen molar-refractivity contribution in [2.24, 2.45) is 5.92 Å². The first-order valence-corrected chi connectivity index (χ1v) is 7.07. The molecule has 5 unspecified atom stereocenters. The normalized spacial score (nSPS) is 43.8. The van der Waals surface area contributed by atoms with Gasteiger partial charge in [0, 0.05) is 25.2 Å². The maximum absolute atomic E-state index is 12.6. The zero-order valence-electron chi connectivity index (χ0n) is 12.6. The van der Waals surface area contributed by atoms with Crippen LogP contribution >= 0.6 is 0 Å². The molecule has 1 amide bonds. The predicted octanol–water partition coefficient (Wildman–Crippen LogP) is 0.876. The minimum atomic E-state index is 0.00862. The average Bonchev–Trinajstić information content (AvgIpc) is 2.40. The summed E-state index contributed by atoms with van der Waals surface area (Å²) in [7, 11) is 4.24. The van der Waals surface area contributed by atoms with Gasteiger partial charge in [-0.25, -0.2) is 0 Å². The lowest BCUT2D eigenvalue weighted by molar-refractivity contribution is -0.152. The van der Waals surface area contributed by atoms with E-state index in [0.717, 1.165) is 13.1 Å². The Kier molecular flexibility index (Phi) is 3.70. The second kappa shape index (κ2) is 4.82. The maximum atomic E-state index is 12.6. The third-order valence-corrected chi connectivity index (χ3v) is 4.91. The highest BCUT2D eigenvalue weighted by atomic mass is 16.2. The van der Waals surface area contributed by atoms with Gasteiger partial charge in [0.1, 0.15) is 0 Å². The molecule has 2 aliphatic heterocycles. The molecular weight excluding hydrogens is 226 g/mol. The van der Waals surface area contributed by atoms with E-state index in [1.54, 1.807) is 0 Å². The summed E-state index contributed by atoms with van der Waals surface area (Å²) in [5.74, 6) is 0.823. The monoisotopic (exact) mass is 253 g/mol. The minimum absolute atomic E-state index is 0.00862. The Bertz CT molecular complexity index is 333. The molecule has 18 heavy (non-hydrogen) atoms. The van der Waals surface area contributed by atoms with Gasteiger partial charge in [0.25, 0.3) is 0 Å². The van der Waals surface area contributed by atoms with Crippen LogP contribution in [0.1, 0.15) is 27.7 Å². The molecule has 104 valence electrons. The van der Waals surface area contributed by atoms with Crippen molar-refractivity contribution in [2.45, 2.75) is 51.9 Å². The lowest BCUT2D eigenvalue weighted by atomic mass is 9.88. The Labute approximate surface area is 111 Å². The molecule has 2 rings (SSSR count). The van der Waals surface area contributed by atoms with E-state index < -0.39 is 0 Å². The lowest BCUT2D eigenvalue weighted by Gasteiger charge is -2.51. The molecule has 0 aromatic rings. The zero-order chi connectivity index (χ0) is 13.6. The summed E-state index contributed by atoms with van der Waals surface area (Å²) in [4.78, 5) is 19.4. The molecule has 4 heteroatoms. The van der Waals surface area contributed by atoms with Gasteiger partial charge in [-0.2, -0.15) is 0 Å². The second-order valence-corrected chi connectivity index (χ2v) is 6.37. The molecule has 0 bridgehead atoms. The SMILES string of the molecule is CC1CN(C)CC(C)N2C(=O)C(C)N(C)C(C)C12. The van der Waals surface area contributed by atoms with Crippen LogP contribution in [0.4, 0.5) is 0 Å². The van der Waals surface area contributed by atoms with Crippen molar-refractivity contribution in [1.29, 1.82) is 0 Å². The van der Waals surface area contributed by atoms with E-state index in [0.29, 0.717) is 30.0 Å². The summed E-state index contributed by atoms with van der Waals surface area (Å²) in [5.41, 5.74) is 0. The zero-order valence-corrected chi connectivity index (χ0v) is 12.6. The largest absolute Gasteiger partial charge is 0.332 e. The number of carbonyl (C=O) groups is 1. The molecule has 2 saturated heterocycles. The van der Waals surface area contributed by atoms with Crippen molar-refractivity contribution in [3.05, 3.63) is 0 Å². The van der Waals surface area contributed by atoms with Gasteiger partial charge in [0.05, 0.1) is 12.1 Å². The molecule has 2 aliphatic rings. The van der Waals surface area contributed by atoms with Crippen LogP contribution in [-0.2, 0) is 4.79 Å². The molecule has 0 radical (unpaired) electrons. The Hall–Kier alpha value is -0.610. The third-order valence-electron chi connectivity index (χ3n) is 4.91. The highest BCUT2D eigenvalue weighted by Crippen LogP contribution is 2.30. The fourth-order valence-electron chi connectivity index (χ4n) is 3.84. The number of piperazine rings is 1. The van der Waals surface area contributed by atoms with Crippen molar-refractivity contribution in [1.82, 2.24) is 14.7 Å². The van der Waals surface area contributed by atoms with E-state index in [1.165, 1.54) is 0 Å². The van der Waals surface area contributed by atoms with Gasteiger partial charge in [0.15, 0.2) is 0 Å². The van der Waals surface area contributed by atoms with E-state index in [1.807, 2.05) is 6.92 Å². The smallest absolute Gasteiger partial charge is 0.240 e. The van der Waals surface area contributed by atoms with Crippen molar-refractivity contribution in [3.8, 4) is 0 Å². The molecule has 2 fully saturated rings. The van der Waals surface area contributed by atoms with Gasteiger partial charge >= 0.3 is 0 Å². The van der Waals surface area contributed by atoms with Crippen LogP contribution in [0, 0.1) is 5.92 Å². The van der Waals surface area contributed by atoms with Gasteiger partial charge < -0.3 is 9.80 Å². The number of nitrogens with zero attached hydrogens (tertiary/aromatic N) is 3. The van der Waals surface area contributed by atoms with E-state index in [2.05, 4.69) is 49.6 Å². The molecule has 0 N–H and O–H groups in total. The molecule has 0 aromatic heterocycles. The van der Waals surface area contributed by atoms with Gasteiger partial charge in [-0.1, -0.05) is 6.92 Å². The second-order valence-electron chi connectivity index (χ2n) is 6.37. The number of hydrogen-bond acceptors (Lipinski definition) is 3. The van der Waals surface area contributed by atoms with E-state index in [-0.39, 0.29) is 6.04 Å². The Morgan fingerprint density at radius 2 is 1.67 bits per heavy atom. The van der Waals surface area contributed by atoms with E-state index >= 15 is 0 Å². The Morgan fingerprint density at radius 1 is 1.06 bits per heavy atom. The van der Waals surface area contributed by atoms with Crippen molar-refractivity contribution in [2.75, 3.05) is 27.2 Å². The van der Waals surface area contributed by atoms with Gasteiger partial charge in [-0.15, -0.1) is 0 Å². The summed E-state index contributed by atoms with van der Waals surface area (Å²) in [6.07, 6.45) is 0. The quantitative estimate of drug-likeness (QED) is 0.641. The number of hydrogen-bond donors (Lipinski definition) is 0. The van der Waals surface area contributed by atoms with Crippen molar-refractivity contribution in [3.63, 3.8) is 0 Å². The van der Waals surface area contributed by atoms with Crippen LogP contribution in [0.3, 0.4) is 0 Å². The van der Waals surface area contributed by atoms with Crippen LogP contribution in [-0.4, -0.2) is 72.0 Å². The Morgan fingerprint density at radius 3 is 2.28 bits per heavy atom. The van der Waals surface area contributed by atoms with Crippen LogP contribution in [0.15, 0.2) is 0 Å².